The number of aromatic nitrogens is 2. The molecule has 0 amide bonds. The summed E-state index contributed by atoms with van der Waals surface area (Å²) in [6.45, 7) is 7.00. The van der Waals surface area contributed by atoms with Gasteiger partial charge in [0.1, 0.15) is 11.4 Å². The molecule has 1 aliphatic heterocycles. The minimum absolute atomic E-state index is 0.0311. The number of morpholine rings is 1. The maximum Gasteiger partial charge on any atom is 0.312 e. The molecular weight excluding hydrogens is 264 g/mol. The molecule has 20 heavy (non-hydrogen) atoms. The molecule has 1 unspecified atom stereocenters. The number of aryl methyl sites for hydroxylation is 1. The molecule has 0 bridgehead atoms. The van der Waals surface area contributed by atoms with Crippen LogP contribution in [-0.2, 0) is 11.3 Å². The largest absolute Gasteiger partial charge is 0.390 e. The molecule has 112 valence electrons. The minimum Gasteiger partial charge on any atom is -0.390 e. The molecule has 0 radical (unpaired) electrons. The van der Waals surface area contributed by atoms with Crippen molar-refractivity contribution in [3.8, 4) is 0 Å². The first kappa shape index (κ1) is 14.9. The Morgan fingerprint density at radius 3 is 2.60 bits per heavy atom. The van der Waals surface area contributed by atoms with Gasteiger partial charge in [-0.2, -0.15) is 5.10 Å². The van der Waals surface area contributed by atoms with Crippen LogP contribution in [0.25, 0.3) is 0 Å². The van der Waals surface area contributed by atoms with Crippen LogP contribution in [0.4, 0.5) is 5.69 Å². The van der Waals surface area contributed by atoms with Crippen LogP contribution >= 0.6 is 0 Å². The lowest BCUT2D eigenvalue weighted by Crippen LogP contribution is -2.42. The Hall–Kier alpha value is -1.51. The molecule has 0 aliphatic carbocycles. The second-order valence-corrected chi connectivity index (χ2v) is 5.03. The van der Waals surface area contributed by atoms with Gasteiger partial charge in [-0.05, 0) is 13.8 Å². The highest BCUT2D eigenvalue weighted by Gasteiger charge is 2.23. The monoisotopic (exact) mass is 284 g/mol. The van der Waals surface area contributed by atoms with E-state index in [0.29, 0.717) is 31.1 Å². The molecule has 1 fully saturated rings. The molecule has 1 aromatic rings. The fourth-order valence-corrected chi connectivity index (χ4v) is 2.47. The molecule has 1 atom stereocenters. The molecule has 1 aromatic heterocycles. The summed E-state index contributed by atoms with van der Waals surface area (Å²) in [7, 11) is 0. The third-order valence-electron chi connectivity index (χ3n) is 3.48. The first-order chi connectivity index (χ1) is 9.49. The van der Waals surface area contributed by atoms with E-state index in [0.717, 1.165) is 13.1 Å². The normalized spacial score (nSPS) is 18.1. The van der Waals surface area contributed by atoms with Gasteiger partial charge in [-0.3, -0.25) is 19.7 Å². The Kier molecular flexibility index (Phi) is 4.69. The van der Waals surface area contributed by atoms with Gasteiger partial charge in [0.25, 0.3) is 0 Å². The summed E-state index contributed by atoms with van der Waals surface area (Å²) >= 11 is 0. The van der Waals surface area contributed by atoms with Crippen molar-refractivity contribution in [2.45, 2.75) is 26.5 Å². The molecule has 2 heterocycles. The number of β-amino-alcohol motifs (C(OH)–C–C–N with tert-alkyl or cyclic N) is 1. The number of hydrogen-bond acceptors (Lipinski definition) is 6. The van der Waals surface area contributed by atoms with Gasteiger partial charge in [0.2, 0.25) is 0 Å². The van der Waals surface area contributed by atoms with Crippen LogP contribution in [0.2, 0.25) is 0 Å². The van der Waals surface area contributed by atoms with E-state index < -0.39 is 11.0 Å². The van der Waals surface area contributed by atoms with Crippen molar-refractivity contribution in [2.75, 3.05) is 32.8 Å². The molecule has 0 spiro atoms. The number of ether oxygens (including phenoxy) is 1. The lowest BCUT2D eigenvalue weighted by Gasteiger charge is -2.28. The third kappa shape index (κ3) is 3.33. The average Bonchev–Trinajstić information content (AvgIpc) is 2.65. The molecule has 8 heteroatoms. The number of aliphatic hydroxyl groups is 1. The first-order valence-electron chi connectivity index (χ1n) is 6.65. The van der Waals surface area contributed by atoms with Crippen LogP contribution in [0.5, 0.6) is 0 Å². The first-order valence-corrected chi connectivity index (χ1v) is 6.65. The Balaban J connectivity index is 1.98. The van der Waals surface area contributed by atoms with E-state index in [2.05, 4.69) is 10.00 Å². The van der Waals surface area contributed by atoms with Gasteiger partial charge in [-0.15, -0.1) is 0 Å². The van der Waals surface area contributed by atoms with E-state index in [1.54, 1.807) is 13.8 Å². The van der Waals surface area contributed by atoms with Crippen molar-refractivity contribution in [3.63, 3.8) is 0 Å². The lowest BCUT2D eigenvalue weighted by atomic mass is 10.3. The van der Waals surface area contributed by atoms with E-state index in [9.17, 15) is 15.2 Å². The molecule has 1 N–H and O–H groups in total. The second-order valence-electron chi connectivity index (χ2n) is 5.03. The lowest BCUT2D eigenvalue weighted by molar-refractivity contribution is -0.386. The topological polar surface area (TPSA) is 93.7 Å². The predicted molar refractivity (Wildman–Crippen MR) is 71.6 cm³/mol. The van der Waals surface area contributed by atoms with Gasteiger partial charge in [0, 0.05) is 19.6 Å². The summed E-state index contributed by atoms with van der Waals surface area (Å²) in [6.07, 6.45) is -0.606. The van der Waals surface area contributed by atoms with Gasteiger partial charge in [-0.1, -0.05) is 0 Å². The predicted octanol–water partition coefficient (Wildman–Crippen LogP) is 0.101. The fraction of sp³-hybridized carbons (Fsp3) is 0.750. The molecule has 1 aliphatic rings. The molecule has 2 rings (SSSR count). The molecule has 0 aromatic carbocycles. The van der Waals surface area contributed by atoms with E-state index in [1.165, 1.54) is 4.68 Å². The van der Waals surface area contributed by atoms with Crippen LogP contribution in [-0.4, -0.2) is 63.7 Å². The zero-order valence-electron chi connectivity index (χ0n) is 11.8. The van der Waals surface area contributed by atoms with Gasteiger partial charge in [0.15, 0.2) is 0 Å². The van der Waals surface area contributed by atoms with Crippen LogP contribution in [0.15, 0.2) is 0 Å². The van der Waals surface area contributed by atoms with Crippen LogP contribution < -0.4 is 0 Å². The summed E-state index contributed by atoms with van der Waals surface area (Å²) in [5.41, 5.74) is 0.892. The number of hydrogen-bond donors (Lipinski definition) is 1. The minimum atomic E-state index is -0.606. The highest BCUT2D eigenvalue weighted by atomic mass is 16.6. The number of rotatable bonds is 5. The van der Waals surface area contributed by atoms with Crippen molar-refractivity contribution in [2.24, 2.45) is 0 Å². The number of nitro groups is 1. The SMILES string of the molecule is Cc1nn(CC(O)CN2CCOCC2)c(C)c1[N+](=O)[O-]. The average molecular weight is 284 g/mol. The summed E-state index contributed by atoms with van der Waals surface area (Å²) < 4.78 is 6.76. The quantitative estimate of drug-likeness (QED) is 0.609. The zero-order valence-corrected chi connectivity index (χ0v) is 11.8. The van der Waals surface area contributed by atoms with Gasteiger partial charge < -0.3 is 9.84 Å². The summed E-state index contributed by atoms with van der Waals surface area (Å²) in [5.74, 6) is 0. The molecular formula is C12H20N4O4. The summed E-state index contributed by atoms with van der Waals surface area (Å²) in [5, 5.41) is 25.2. The highest BCUT2D eigenvalue weighted by molar-refractivity contribution is 5.39. The van der Waals surface area contributed by atoms with Crippen LogP contribution in [0, 0.1) is 24.0 Å². The smallest absolute Gasteiger partial charge is 0.312 e. The highest BCUT2D eigenvalue weighted by Crippen LogP contribution is 2.21. The molecule has 0 saturated carbocycles. The van der Waals surface area contributed by atoms with Crippen molar-refractivity contribution in [3.05, 3.63) is 21.5 Å². The maximum absolute atomic E-state index is 10.9. The van der Waals surface area contributed by atoms with E-state index >= 15 is 0 Å². The third-order valence-corrected chi connectivity index (χ3v) is 3.48. The van der Waals surface area contributed by atoms with Crippen molar-refractivity contribution < 1.29 is 14.8 Å². The Morgan fingerprint density at radius 2 is 2.05 bits per heavy atom. The standard InChI is InChI=1S/C12H20N4O4/c1-9-12(16(18)19)10(2)15(13-9)8-11(17)7-14-3-5-20-6-4-14/h11,17H,3-8H2,1-2H3. The molecule has 1 saturated heterocycles. The van der Waals surface area contributed by atoms with Crippen LogP contribution in [0.3, 0.4) is 0 Å². The van der Waals surface area contributed by atoms with E-state index in [4.69, 9.17) is 4.74 Å². The fourth-order valence-electron chi connectivity index (χ4n) is 2.47. The van der Waals surface area contributed by atoms with Crippen molar-refractivity contribution in [1.29, 1.82) is 0 Å². The van der Waals surface area contributed by atoms with Gasteiger partial charge >= 0.3 is 5.69 Å². The summed E-state index contributed by atoms with van der Waals surface area (Å²) in [4.78, 5) is 12.6. The van der Waals surface area contributed by atoms with E-state index in [1.807, 2.05) is 0 Å². The Bertz CT molecular complexity index is 482. The van der Waals surface area contributed by atoms with Gasteiger partial charge in [-0.25, -0.2) is 0 Å². The summed E-state index contributed by atoms with van der Waals surface area (Å²) in [6, 6.07) is 0. The number of aliphatic hydroxyl groups excluding tert-OH is 1. The molecule has 8 nitrogen and oxygen atoms in total. The van der Waals surface area contributed by atoms with Gasteiger partial charge in [0.05, 0.1) is 30.8 Å². The van der Waals surface area contributed by atoms with E-state index in [-0.39, 0.29) is 12.2 Å². The van der Waals surface area contributed by atoms with Crippen LogP contribution in [0.1, 0.15) is 11.4 Å². The maximum atomic E-state index is 10.9. The Morgan fingerprint density at radius 1 is 1.40 bits per heavy atom. The second kappa shape index (κ2) is 6.29. The Labute approximate surface area is 117 Å². The van der Waals surface area contributed by atoms with Crippen molar-refractivity contribution in [1.82, 2.24) is 14.7 Å². The van der Waals surface area contributed by atoms with Crippen molar-refractivity contribution >= 4 is 5.69 Å². The number of nitrogens with zero attached hydrogens (tertiary/aromatic N) is 4. The zero-order chi connectivity index (χ0) is 14.7.